The minimum absolute atomic E-state index is 0.0114. The highest BCUT2D eigenvalue weighted by atomic mass is 35.5. The van der Waals surface area contributed by atoms with Crippen LogP contribution in [0.5, 0.6) is 11.5 Å². The van der Waals surface area contributed by atoms with Gasteiger partial charge in [0.1, 0.15) is 23.7 Å². The molecule has 0 aromatic heterocycles. The fourth-order valence-electron chi connectivity index (χ4n) is 2.21. The molecule has 104 valence electrons. The molecule has 0 bridgehead atoms. The Balaban J connectivity index is 2.19. The molecule has 1 unspecified atom stereocenters. The summed E-state index contributed by atoms with van der Waals surface area (Å²) in [6.45, 7) is 6.48. The van der Waals surface area contributed by atoms with Crippen LogP contribution < -0.4 is 15.2 Å². The summed E-state index contributed by atoms with van der Waals surface area (Å²) < 4.78 is 11.6. The topological polar surface area (TPSA) is 44.5 Å². The van der Waals surface area contributed by atoms with Crippen molar-refractivity contribution in [1.82, 2.24) is 0 Å². The zero-order valence-corrected chi connectivity index (χ0v) is 12.3. The van der Waals surface area contributed by atoms with Crippen molar-refractivity contribution >= 4 is 11.6 Å². The molecule has 2 N–H and O–H groups in total. The van der Waals surface area contributed by atoms with Crippen LogP contribution in [-0.4, -0.2) is 12.2 Å². The van der Waals surface area contributed by atoms with Crippen molar-refractivity contribution in [3.8, 4) is 11.5 Å². The highest BCUT2D eigenvalue weighted by Crippen LogP contribution is 2.39. The van der Waals surface area contributed by atoms with E-state index in [1.165, 1.54) is 5.54 Å². The SMILES string of the molecule is C/C(=C/Cl)COc1ccc2c(c1)OC(C)(C)CC2N. The molecule has 1 aliphatic rings. The molecule has 0 aliphatic carbocycles. The van der Waals surface area contributed by atoms with E-state index in [9.17, 15) is 0 Å². The summed E-state index contributed by atoms with van der Waals surface area (Å²) >= 11 is 5.61. The van der Waals surface area contributed by atoms with Gasteiger partial charge in [0, 0.05) is 29.6 Å². The third kappa shape index (κ3) is 3.43. The van der Waals surface area contributed by atoms with Crippen LogP contribution >= 0.6 is 11.6 Å². The van der Waals surface area contributed by atoms with Gasteiger partial charge >= 0.3 is 0 Å². The normalized spacial score (nSPS) is 21.5. The van der Waals surface area contributed by atoms with E-state index in [-0.39, 0.29) is 11.6 Å². The Bertz CT molecular complexity index is 497. The van der Waals surface area contributed by atoms with Crippen molar-refractivity contribution in [2.75, 3.05) is 6.61 Å². The maximum absolute atomic E-state index is 6.17. The van der Waals surface area contributed by atoms with Gasteiger partial charge in [0.25, 0.3) is 0 Å². The number of halogens is 1. The molecule has 0 radical (unpaired) electrons. The summed E-state index contributed by atoms with van der Waals surface area (Å²) in [5.74, 6) is 1.58. The van der Waals surface area contributed by atoms with Crippen LogP contribution in [0.2, 0.25) is 0 Å². The van der Waals surface area contributed by atoms with Crippen LogP contribution in [0.15, 0.2) is 29.3 Å². The van der Waals surface area contributed by atoms with E-state index < -0.39 is 0 Å². The Morgan fingerprint density at radius 2 is 2.32 bits per heavy atom. The molecule has 0 spiro atoms. The predicted octanol–water partition coefficient (Wildman–Crippen LogP) is 3.77. The molecule has 1 heterocycles. The van der Waals surface area contributed by atoms with Crippen molar-refractivity contribution in [1.29, 1.82) is 0 Å². The molecular weight excluding hydrogens is 262 g/mol. The average Bonchev–Trinajstić information content (AvgIpc) is 2.33. The summed E-state index contributed by atoms with van der Waals surface area (Å²) in [6, 6.07) is 5.81. The second kappa shape index (κ2) is 5.43. The van der Waals surface area contributed by atoms with Gasteiger partial charge in [0.15, 0.2) is 0 Å². The molecule has 3 nitrogen and oxygen atoms in total. The first kappa shape index (κ1) is 14.2. The molecule has 2 rings (SSSR count). The molecule has 0 amide bonds. The summed E-state index contributed by atoms with van der Waals surface area (Å²) in [6.07, 6.45) is 0.814. The molecule has 0 fully saturated rings. The first-order valence-corrected chi connectivity index (χ1v) is 6.82. The Kier molecular flexibility index (Phi) is 4.07. The number of benzene rings is 1. The largest absolute Gasteiger partial charge is 0.489 e. The smallest absolute Gasteiger partial charge is 0.128 e. The molecule has 0 saturated carbocycles. The Morgan fingerprint density at radius 3 is 3.00 bits per heavy atom. The molecule has 0 saturated heterocycles. The van der Waals surface area contributed by atoms with E-state index in [1.54, 1.807) is 0 Å². The van der Waals surface area contributed by atoms with Crippen molar-refractivity contribution < 1.29 is 9.47 Å². The number of hydrogen-bond donors (Lipinski definition) is 1. The lowest BCUT2D eigenvalue weighted by Gasteiger charge is -2.36. The molecule has 1 aromatic carbocycles. The van der Waals surface area contributed by atoms with E-state index in [1.807, 2.05) is 39.0 Å². The van der Waals surface area contributed by atoms with Gasteiger partial charge < -0.3 is 15.2 Å². The lowest BCUT2D eigenvalue weighted by Crippen LogP contribution is -2.37. The van der Waals surface area contributed by atoms with Gasteiger partial charge in [0.05, 0.1) is 0 Å². The van der Waals surface area contributed by atoms with Gasteiger partial charge in [-0.25, -0.2) is 0 Å². The summed E-state index contributed by atoms with van der Waals surface area (Å²) in [5.41, 5.74) is 9.46. The van der Waals surface area contributed by atoms with Crippen molar-refractivity contribution in [3.63, 3.8) is 0 Å². The Morgan fingerprint density at radius 1 is 1.58 bits per heavy atom. The van der Waals surface area contributed by atoms with Gasteiger partial charge in [-0.2, -0.15) is 0 Å². The Hall–Kier alpha value is -1.19. The zero-order valence-electron chi connectivity index (χ0n) is 11.6. The lowest BCUT2D eigenvalue weighted by molar-refractivity contribution is 0.0725. The number of ether oxygens (including phenoxy) is 2. The third-order valence-electron chi connectivity index (χ3n) is 3.14. The van der Waals surface area contributed by atoms with E-state index in [0.29, 0.717) is 6.61 Å². The first-order valence-electron chi connectivity index (χ1n) is 6.38. The molecule has 19 heavy (non-hydrogen) atoms. The van der Waals surface area contributed by atoms with Crippen molar-refractivity contribution in [2.24, 2.45) is 5.73 Å². The number of hydrogen-bond acceptors (Lipinski definition) is 3. The fraction of sp³-hybridized carbons (Fsp3) is 0.467. The van der Waals surface area contributed by atoms with Gasteiger partial charge in [0.2, 0.25) is 0 Å². The zero-order chi connectivity index (χ0) is 14.0. The number of nitrogens with two attached hydrogens (primary N) is 1. The Labute approximate surface area is 119 Å². The van der Waals surface area contributed by atoms with E-state index in [2.05, 4.69) is 0 Å². The number of rotatable bonds is 3. The second-order valence-corrected chi connectivity index (χ2v) is 5.83. The standard InChI is InChI=1S/C15H20ClNO2/c1-10(8-16)9-18-11-4-5-12-13(17)7-15(2,3)19-14(12)6-11/h4-6,8,13H,7,9,17H2,1-3H3/b10-8-. The monoisotopic (exact) mass is 281 g/mol. The highest BCUT2D eigenvalue weighted by Gasteiger charge is 2.31. The van der Waals surface area contributed by atoms with Gasteiger partial charge in [-0.15, -0.1) is 0 Å². The van der Waals surface area contributed by atoms with Crippen LogP contribution in [0.25, 0.3) is 0 Å². The summed E-state index contributed by atoms with van der Waals surface area (Å²) in [4.78, 5) is 0. The third-order valence-corrected chi connectivity index (χ3v) is 3.51. The second-order valence-electron chi connectivity index (χ2n) is 5.62. The van der Waals surface area contributed by atoms with Gasteiger partial charge in [-0.3, -0.25) is 0 Å². The number of fused-ring (bicyclic) bond motifs is 1. The van der Waals surface area contributed by atoms with E-state index >= 15 is 0 Å². The average molecular weight is 282 g/mol. The molecular formula is C15H20ClNO2. The fourth-order valence-corrected chi connectivity index (χ4v) is 2.27. The van der Waals surface area contributed by atoms with Crippen LogP contribution in [0.1, 0.15) is 38.8 Å². The summed E-state index contributed by atoms with van der Waals surface area (Å²) in [7, 11) is 0. The van der Waals surface area contributed by atoms with Crippen LogP contribution in [0.4, 0.5) is 0 Å². The van der Waals surface area contributed by atoms with Crippen LogP contribution in [0, 0.1) is 0 Å². The maximum Gasteiger partial charge on any atom is 0.128 e. The van der Waals surface area contributed by atoms with E-state index in [4.69, 9.17) is 26.8 Å². The minimum Gasteiger partial charge on any atom is -0.489 e. The molecule has 1 aromatic rings. The van der Waals surface area contributed by atoms with Crippen LogP contribution in [0.3, 0.4) is 0 Å². The van der Waals surface area contributed by atoms with Gasteiger partial charge in [-0.05, 0) is 32.4 Å². The first-order chi connectivity index (χ1) is 8.91. The minimum atomic E-state index is -0.239. The quantitative estimate of drug-likeness (QED) is 0.917. The van der Waals surface area contributed by atoms with Crippen LogP contribution in [-0.2, 0) is 0 Å². The van der Waals surface area contributed by atoms with E-state index in [0.717, 1.165) is 29.1 Å². The predicted molar refractivity (Wildman–Crippen MR) is 77.8 cm³/mol. The molecule has 4 heteroatoms. The van der Waals surface area contributed by atoms with Crippen molar-refractivity contribution in [3.05, 3.63) is 34.9 Å². The molecule has 1 aliphatic heterocycles. The maximum atomic E-state index is 6.17. The van der Waals surface area contributed by atoms with Crippen molar-refractivity contribution in [2.45, 2.75) is 38.8 Å². The molecule has 1 atom stereocenters. The summed E-state index contributed by atoms with van der Waals surface area (Å²) in [5, 5.41) is 0. The highest BCUT2D eigenvalue weighted by molar-refractivity contribution is 6.25. The van der Waals surface area contributed by atoms with Gasteiger partial charge in [-0.1, -0.05) is 17.7 Å². The lowest BCUT2D eigenvalue weighted by atomic mass is 9.90.